The fourth-order valence-corrected chi connectivity index (χ4v) is 3.74. The molecule has 3 aliphatic rings. The minimum absolute atomic E-state index is 0.0251. The number of benzene rings is 1. The molecule has 1 aromatic carbocycles. The maximum absolute atomic E-state index is 12.7. The third-order valence-electron chi connectivity index (χ3n) is 5.15. The predicted octanol–water partition coefficient (Wildman–Crippen LogP) is 3.72. The molecule has 23 heavy (non-hydrogen) atoms. The number of hydrogen-bond acceptors (Lipinski definition) is 2. The van der Waals surface area contributed by atoms with Gasteiger partial charge in [0, 0.05) is 17.1 Å². The Labute approximate surface area is 145 Å². The second-order valence-corrected chi connectivity index (χ2v) is 7.92. The lowest BCUT2D eigenvalue weighted by molar-refractivity contribution is -0.0159. The second kappa shape index (κ2) is 6.44. The molecule has 4 nitrogen and oxygen atoms in total. The Morgan fingerprint density at radius 2 is 1.83 bits per heavy atom. The first-order valence-corrected chi connectivity index (χ1v) is 9.42. The van der Waals surface area contributed by atoms with Gasteiger partial charge in [0.2, 0.25) is 0 Å². The Morgan fingerprint density at radius 3 is 2.43 bits per heavy atom. The SMILES string of the molecule is O=C(NC(C1CC1)C1CC1)N1CCO[C@@H](c2ccc(Br)cc2)C1. The fraction of sp³-hybridized carbons (Fsp3) is 0.611. The van der Waals surface area contributed by atoms with Crippen LogP contribution in [0.1, 0.15) is 37.4 Å². The molecule has 1 aromatic rings. The molecule has 2 amide bonds. The summed E-state index contributed by atoms with van der Waals surface area (Å²) in [6.45, 7) is 1.92. The Bertz CT molecular complexity index is 557. The molecule has 1 atom stereocenters. The molecule has 2 saturated carbocycles. The minimum Gasteiger partial charge on any atom is -0.370 e. The van der Waals surface area contributed by atoms with Gasteiger partial charge in [-0.05, 0) is 55.2 Å². The monoisotopic (exact) mass is 378 g/mol. The van der Waals surface area contributed by atoms with Crippen LogP contribution >= 0.6 is 15.9 Å². The van der Waals surface area contributed by atoms with Crippen LogP contribution in [0, 0.1) is 11.8 Å². The molecule has 1 aliphatic heterocycles. The zero-order chi connectivity index (χ0) is 15.8. The van der Waals surface area contributed by atoms with Crippen LogP contribution in [0.3, 0.4) is 0 Å². The van der Waals surface area contributed by atoms with Crippen molar-refractivity contribution in [3.63, 3.8) is 0 Å². The van der Waals surface area contributed by atoms with Gasteiger partial charge in [-0.25, -0.2) is 4.79 Å². The summed E-state index contributed by atoms with van der Waals surface area (Å²) >= 11 is 3.46. The van der Waals surface area contributed by atoms with E-state index in [2.05, 4.69) is 33.4 Å². The molecule has 1 heterocycles. The Balaban J connectivity index is 1.38. The van der Waals surface area contributed by atoms with Crippen molar-refractivity contribution >= 4 is 22.0 Å². The summed E-state index contributed by atoms with van der Waals surface area (Å²) in [5.41, 5.74) is 1.13. The molecule has 4 rings (SSSR count). The predicted molar refractivity (Wildman–Crippen MR) is 92.2 cm³/mol. The molecule has 5 heteroatoms. The first kappa shape index (κ1) is 15.5. The van der Waals surface area contributed by atoms with E-state index in [4.69, 9.17) is 4.74 Å². The van der Waals surface area contributed by atoms with E-state index in [-0.39, 0.29) is 12.1 Å². The van der Waals surface area contributed by atoms with Gasteiger partial charge in [-0.15, -0.1) is 0 Å². The highest BCUT2D eigenvalue weighted by molar-refractivity contribution is 9.10. The summed E-state index contributed by atoms with van der Waals surface area (Å²) < 4.78 is 6.93. The zero-order valence-electron chi connectivity index (χ0n) is 13.2. The Morgan fingerprint density at radius 1 is 1.17 bits per heavy atom. The van der Waals surface area contributed by atoms with Crippen molar-refractivity contribution in [3.05, 3.63) is 34.3 Å². The number of nitrogens with zero attached hydrogens (tertiary/aromatic N) is 1. The zero-order valence-corrected chi connectivity index (χ0v) is 14.8. The lowest BCUT2D eigenvalue weighted by Gasteiger charge is -2.34. The first-order chi connectivity index (χ1) is 11.2. The molecule has 124 valence electrons. The number of amides is 2. The van der Waals surface area contributed by atoms with E-state index in [0.717, 1.165) is 21.9 Å². The molecule has 3 fully saturated rings. The van der Waals surface area contributed by atoms with Crippen molar-refractivity contribution in [1.29, 1.82) is 0 Å². The van der Waals surface area contributed by atoms with Crippen molar-refractivity contribution in [1.82, 2.24) is 10.2 Å². The van der Waals surface area contributed by atoms with Crippen LogP contribution in [0.2, 0.25) is 0 Å². The van der Waals surface area contributed by atoms with Gasteiger partial charge in [0.25, 0.3) is 0 Å². The minimum atomic E-state index is -0.0251. The van der Waals surface area contributed by atoms with Crippen LogP contribution in [0.15, 0.2) is 28.7 Å². The van der Waals surface area contributed by atoms with Crippen LogP contribution in [0.4, 0.5) is 4.79 Å². The summed E-state index contributed by atoms with van der Waals surface area (Å²) in [5, 5.41) is 3.32. The fourth-order valence-electron chi connectivity index (χ4n) is 3.48. The topological polar surface area (TPSA) is 41.6 Å². The molecule has 1 N–H and O–H groups in total. The molecular weight excluding hydrogens is 356 g/mol. The third kappa shape index (κ3) is 3.72. The van der Waals surface area contributed by atoms with E-state index in [1.807, 2.05) is 17.0 Å². The number of carbonyl (C=O) groups excluding carboxylic acids is 1. The number of hydrogen-bond donors (Lipinski definition) is 1. The largest absolute Gasteiger partial charge is 0.370 e. The van der Waals surface area contributed by atoms with Crippen LogP contribution in [0.5, 0.6) is 0 Å². The normalized spacial score (nSPS) is 24.8. The Hall–Kier alpha value is -1.07. The van der Waals surface area contributed by atoms with Gasteiger partial charge < -0.3 is 15.0 Å². The van der Waals surface area contributed by atoms with Crippen LogP contribution < -0.4 is 5.32 Å². The van der Waals surface area contributed by atoms with E-state index >= 15 is 0 Å². The standard InChI is InChI=1S/C18H23BrN2O2/c19-15-7-5-12(6-8-15)16-11-21(9-10-23-16)18(22)20-17(13-1-2-13)14-3-4-14/h5-8,13-14,16-17H,1-4,9-11H2,(H,20,22)/t16-/m1/s1. The number of carbonyl (C=O) groups is 1. The van der Waals surface area contributed by atoms with Gasteiger partial charge in [-0.1, -0.05) is 28.1 Å². The van der Waals surface area contributed by atoms with E-state index in [9.17, 15) is 4.79 Å². The van der Waals surface area contributed by atoms with Crippen LogP contribution in [-0.4, -0.2) is 36.7 Å². The summed E-state index contributed by atoms with van der Waals surface area (Å²) in [4.78, 5) is 14.6. The molecule has 0 bridgehead atoms. The van der Waals surface area contributed by atoms with Gasteiger partial charge in [0.1, 0.15) is 6.10 Å². The van der Waals surface area contributed by atoms with Crippen molar-refractivity contribution in [3.8, 4) is 0 Å². The number of urea groups is 1. The quantitative estimate of drug-likeness (QED) is 0.867. The summed E-state index contributed by atoms with van der Waals surface area (Å²) in [6.07, 6.45) is 5.11. The third-order valence-corrected chi connectivity index (χ3v) is 5.67. The highest BCUT2D eigenvalue weighted by Gasteiger charge is 2.43. The van der Waals surface area contributed by atoms with Crippen LogP contribution in [-0.2, 0) is 4.74 Å². The highest BCUT2D eigenvalue weighted by atomic mass is 79.9. The summed E-state index contributed by atoms with van der Waals surface area (Å²) in [6, 6.07) is 8.68. The van der Waals surface area contributed by atoms with Crippen molar-refractivity contribution < 1.29 is 9.53 Å². The van der Waals surface area contributed by atoms with Gasteiger partial charge in [-0.3, -0.25) is 0 Å². The number of rotatable bonds is 4. The average molecular weight is 379 g/mol. The molecule has 0 spiro atoms. The highest BCUT2D eigenvalue weighted by Crippen LogP contribution is 2.44. The average Bonchev–Trinajstić information content (AvgIpc) is 3.47. The second-order valence-electron chi connectivity index (χ2n) is 7.01. The molecule has 2 aliphatic carbocycles. The van der Waals surface area contributed by atoms with Crippen LogP contribution in [0.25, 0.3) is 0 Å². The molecule has 0 unspecified atom stereocenters. The van der Waals surface area contributed by atoms with Gasteiger partial charge >= 0.3 is 6.03 Å². The molecular formula is C18H23BrN2O2. The van der Waals surface area contributed by atoms with E-state index in [1.165, 1.54) is 25.7 Å². The van der Waals surface area contributed by atoms with Gasteiger partial charge in [-0.2, -0.15) is 0 Å². The lowest BCUT2D eigenvalue weighted by Crippen LogP contribution is -2.51. The lowest BCUT2D eigenvalue weighted by atomic mass is 10.1. The van der Waals surface area contributed by atoms with Crippen molar-refractivity contribution in [2.24, 2.45) is 11.8 Å². The summed E-state index contributed by atoms with van der Waals surface area (Å²) in [7, 11) is 0. The Kier molecular flexibility index (Phi) is 4.33. The van der Waals surface area contributed by atoms with Gasteiger partial charge in [0.05, 0.1) is 13.2 Å². The van der Waals surface area contributed by atoms with E-state index in [1.54, 1.807) is 0 Å². The molecule has 1 saturated heterocycles. The number of nitrogens with one attached hydrogen (secondary N) is 1. The molecule has 0 aromatic heterocycles. The number of halogens is 1. The van der Waals surface area contributed by atoms with E-state index < -0.39 is 0 Å². The van der Waals surface area contributed by atoms with Gasteiger partial charge in [0.15, 0.2) is 0 Å². The molecule has 0 radical (unpaired) electrons. The maximum atomic E-state index is 12.7. The van der Waals surface area contributed by atoms with E-state index in [0.29, 0.717) is 25.7 Å². The van der Waals surface area contributed by atoms with Crippen molar-refractivity contribution in [2.45, 2.75) is 37.8 Å². The first-order valence-electron chi connectivity index (χ1n) is 8.63. The smallest absolute Gasteiger partial charge is 0.317 e. The van der Waals surface area contributed by atoms with Crippen molar-refractivity contribution in [2.75, 3.05) is 19.7 Å². The number of ether oxygens (including phenoxy) is 1. The number of morpholine rings is 1. The summed E-state index contributed by atoms with van der Waals surface area (Å²) in [5.74, 6) is 1.46. The maximum Gasteiger partial charge on any atom is 0.317 e.